The zero-order valence-electron chi connectivity index (χ0n) is 10.9. The van der Waals surface area contributed by atoms with Crippen molar-refractivity contribution in [3.8, 4) is 0 Å². The van der Waals surface area contributed by atoms with Gasteiger partial charge in [0.2, 0.25) is 0 Å². The Morgan fingerprint density at radius 3 is 2.55 bits per heavy atom. The summed E-state index contributed by atoms with van der Waals surface area (Å²) in [5.74, 6) is -0.836. The summed E-state index contributed by atoms with van der Waals surface area (Å²) in [7, 11) is 1.32. The molecule has 1 heterocycles. The predicted octanol–water partition coefficient (Wildman–Crippen LogP) is 1.23. The Kier molecular flexibility index (Phi) is 3.97. The smallest absolute Gasteiger partial charge is 0.310 e. The maximum Gasteiger partial charge on any atom is 0.310 e. The van der Waals surface area contributed by atoms with Gasteiger partial charge in [0.25, 0.3) is 11.6 Å². The quantitative estimate of drug-likeness (QED) is 0.471. The van der Waals surface area contributed by atoms with Crippen LogP contribution < -0.4 is 0 Å². The van der Waals surface area contributed by atoms with Crippen LogP contribution in [-0.2, 0) is 9.53 Å². The van der Waals surface area contributed by atoms with Gasteiger partial charge in [0.15, 0.2) is 0 Å². The summed E-state index contributed by atoms with van der Waals surface area (Å²) < 4.78 is 4.66. The highest BCUT2D eigenvalue weighted by molar-refractivity contribution is 5.95. The van der Waals surface area contributed by atoms with Crippen molar-refractivity contribution in [2.24, 2.45) is 5.92 Å². The second kappa shape index (κ2) is 5.68. The zero-order chi connectivity index (χ0) is 14.7. The van der Waals surface area contributed by atoms with Crippen molar-refractivity contribution in [3.63, 3.8) is 0 Å². The van der Waals surface area contributed by atoms with Gasteiger partial charge in [0.05, 0.1) is 18.0 Å². The van der Waals surface area contributed by atoms with Crippen LogP contribution in [0.5, 0.6) is 0 Å². The van der Waals surface area contributed by atoms with Crippen LogP contribution in [0, 0.1) is 16.0 Å². The third kappa shape index (κ3) is 2.76. The van der Waals surface area contributed by atoms with Crippen LogP contribution >= 0.6 is 0 Å². The molecule has 0 aromatic heterocycles. The van der Waals surface area contributed by atoms with Crippen LogP contribution in [0.4, 0.5) is 5.69 Å². The topological polar surface area (TPSA) is 89.8 Å². The van der Waals surface area contributed by atoms with Gasteiger partial charge >= 0.3 is 5.97 Å². The molecule has 1 unspecified atom stereocenters. The Morgan fingerprint density at radius 2 is 2.00 bits per heavy atom. The highest BCUT2D eigenvalue weighted by atomic mass is 16.6. The Balaban J connectivity index is 2.05. The van der Waals surface area contributed by atoms with Gasteiger partial charge < -0.3 is 9.64 Å². The van der Waals surface area contributed by atoms with Gasteiger partial charge in [0.1, 0.15) is 0 Å². The Labute approximate surface area is 115 Å². The van der Waals surface area contributed by atoms with Crippen molar-refractivity contribution >= 4 is 17.6 Å². The van der Waals surface area contributed by atoms with Crippen LogP contribution in [0.15, 0.2) is 24.3 Å². The van der Waals surface area contributed by atoms with Crippen LogP contribution in [-0.4, -0.2) is 41.9 Å². The standard InChI is InChI=1S/C13H14N2O5/c1-20-13(17)10-6-7-14(8-10)12(16)9-2-4-11(5-3-9)15(18)19/h2-5,10H,6-8H2,1H3. The van der Waals surface area contributed by atoms with E-state index in [0.717, 1.165) is 0 Å². The van der Waals surface area contributed by atoms with Gasteiger partial charge in [-0.1, -0.05) is 0 Å². The number of amides is 1. The van der Waals surface area contributed by atoms with Gasteiger partial charge in [-0.2, -0.15) is 0 Å². The lowest BCUT2D eigenvalue weighted by molar-refractivity contribution is -0.384. The molecule has 1 aromatic rings. The van der Waals surface area contributed by atoms with Crippen LogP contribution in [0.2, 0.25) is 0 Å². The molecule has 0 spiro atoms. The first-order valence-corrected chi connectivity index (χ1v) is 6.14. The molecule has 1 amide bonds. The molecule has 1 aliphatic heterocycles. The first-order valence-electron chi connectivity index (χ1n) is 6.14. The molecule has 1 fully saturated rings. The number of benzene rings is 1. The molecule has 0 bridgehead atoms. The van der Waals surface area contributed by atoms with Gasteiger partial charge in [0, 0.05) is 30.8 Å². The number of esters is 1. The van der Waals surface area contributed by atoms with Crippen LogP contribution in [0.25, 0.3) is 0 Å². The minimum absolute atomic E-state index is 0.0598. The molecule has 7 nitrogen and oxygen atoms in total. The number of nitro groups is 1. The lowest BCUT2D eigenvalue weighted by Gasteiger charge is -2.15. The first-order chi connectivity index (χ1) is 9.52. The van der Waals surface area contributed by atoms with Crippen molar-refractivity contribution in [1.82, 2.24) is 4.90 Å². The summed E-state index contributed by atoms with van der Waals surface area (Å²) in [6.45, 7) is 0.804. The third-order valence-electron chi connectivity index (χ3n) is 3.34. The maximum atomic E-state index is 12.2. The predicted molar refractivity (Wildman–Crippen MR) is 69.1 cm³/mol. The third-order valence-corrected chi connectivity index (χ3v) is 3.34. The number of nitrogens with zero attached hydrogens (tertiary/aromatic N) is 2. The van der Waals surface area contributed by atoms with E-state index in [1.165, 1.54) is 31.4 Å². The van der Waals surface area contributed by atoms with E-state index in [9.17, 15) is 19.7 Å². The van der Waals surface area contributed by atoms with E-state index in [1.54, 1.807) is 4.90 Å². The van der Waals surface area contributed by atoms with E-state index in [1.807, 2.05) is 0 Å². The van der Waals surface area contributed by atoms with Gasteiger partial charge in [-0.15, -0.1) is 0 Å². The molecule has 1 aliphatic rings. The largest absolute Gasteiger partial charge is 0.469 e. The fourth-order valence-corrected chi connectivity index (χ4v) is 2.21. The summed E-state index contributed by atoms with van der Waals surface area (Å²) in [4.78, 5) is 35.2. The Morgan fingerprint density at radius 1 is 1.35 bits per heavy atom. The van der Waals surface area contributed by atoms with Gasteiger partial charge in [-0.05, 0) is 18.6 Å². The highest BCUT2D eigenvalue weighted by Gasteiger charge is 2.32. The molecule has 0 radical (unpaired) electrons. The highest BCUT2D eigenvalue weighted by Crippen LogP contribution is 2.21. The van der Waals surface area contributed by atoms with E-state index in [2.05, 4.69) is 4.74 Å². The summed E-state index contributed by atoms with van der Waals surface area (Å²) in [6, 6.07) is 5.43. The number of methoxy groups -OCH3 is 1. The average Bonchev–Trinajstić information content (AvgIpc) is 2.95. The van der Waals surface area contributed by atoms with Gasteiger partial charge in [-0.25, -0.2) is 0 Å². The van der Waals surface area contributed by atoms with Crippen LogP contribution in [0.1, 0.15) is 16.8 Å². The molecule has 2 rings (SSSR count). The molecule has 1 aromatic carbocycles. The van der Waals surface area contributed by atoms with Crippen molar-refractivity contribution in [3.05, 3.63) is 39.9 Å². The fraction of sp³-hybridized carbons (Fsp3) is 0.385. The summed E-state index contributed by atoms with van der Waals surface area (Å²) >= 11 is 0. The molecule has 106 valence electrons. The summed E-state index contributed by atoms with van der Waals surface area (Å²) in [5.41, 5.74) is 0.316. The molecular weight excluding hydrogens is 264 g/mol. The number of ether oxygens (including phenoxy) is 1. The summed E-state index contributed by atoms with van der Waals surface area (Å²) in [6.07, 6.45) is 0.575. The van der Waals surface area contributed by atoms with Crippen molar-refractivity contribution in [2.75, 3.05) is 20.2 Å². The monoisotopic (exact) mass is 278 g/mol. The summed E-state index contributed by atoms with van der Waals surface area (Å²) in [5, 5.41) is 10.5. The van der Waals surface area contributed by atoms with Crippen LogP contribution in [0.3, 0.4) is 0 Å². The van der Waals surface area contributed by atoms with Crippen molar-refractivity contribution < 1.29 is 19.2 Å². The maximum absolute atomic E-state index is 12.2. The molecule has 7 heteroatoms. The molecule has 20 heavy (non-hydrogen) atoms. The molecule has 1 atom stereocenters. The molecule has 1 saturated heterocycles. The number of carbonyl (C=O) groups excluding carboxylic acids is 2. The van der Waals surface area contributed by atoms with E-state index in [4.69, 9.17) is 0 Å². The van der Waals surface area contributed by atoms with E-state index in [0.29, 0.717) is 25.1 Å². The molecule has 0 N–H and O–H groups in total. The number of rotatable bonds is 3. The van der Waals surface area contributed by atoms with Crippen molar-refractivity contribution in [1.29, 1.82) is 0 Å². The zero-order valence-corrected chi connectivity index (χ0v) is 10.9. The number of hydrogen-bond acceptors (Lipinski definition) is 5. The second-order valence-electron chi connectivity index (χ2n) is 4.56. The van der Waals surface area contributed by atoms with E-state index in [-0.39, 0.29) is 23.5 Å². The number of carbonyl (C=O) groups is 2. The fourth-order valence-electron chi connectivity index (χ4n) is 2.21. The lowest BCUT2D eigenvalue weighted by atomic mass is 10.1. The van der Waals surface area contributed by atoms with E-state index >= 15 is 0 Å². The first kappa shape index (κ1) is 14.0. The minimum Gasteiger partial charge on any atom is -0.469 e. The Hall–Kier alpha value is -2.44. The van der Waals surface area contributed by atoms with E-state index < -0.39 is 4.92 Å². The van der Waals surface area contributed by atoms with Crippen molar-refractivity contribution in [2.45, 2.75) is 6.42 Å². The molecule has 0 aliphatic carbocycles. The molecular formula is C13H14N2O5. The average molecular weight is 278 g/mol. The lowest BCUT2D eigenvalue weighted by Crippen LogP contribution is -2.30. The normalized spacial score (nSPS) is 17.9. The Bertz CT molecular complexity index is 540. The molecule has 0 saturated carbocycles. The number of non-ortho nitro benzene ring substituents is 1. The number of hydrogen-bond donors (Lipinski definition) is 0. The minimum atomic E-state index is -0.516. The number of likely N-dealkylation sites (tertiary alicyclic amines) is 1. The second-order valence-corrected chi connectivity index (χ2v) is 4.56. The number of nitro benzene ring substituents is 1. The SMILES string of the molecule is COC(=O)C1CCN(C(=O)c2ccc([N+](=O)[O-])cc2)C1. The van der Waals surface area contributed by atoms with Gasteiger partial charge in [-0.3, -0.25) is 19.7 Å².